The van der Waals surface area contributed by atoms with Gasteiger partial charge in [0.05, 0.1) is 7.11 Å². The lowest BCUT2D eigenvalue weighted by Crippen LogP contribution is -2.20. The molecule has 1 atom stereocenters. The predicted molar refractivity (Wildman–Crippen MR) is 96.9 cm³/mol. The van der Waals surface area contributed by atoms with E-state index in [-0.39, 0.29) is 6.04 Å². The Balaban J connectivity index is 1.78. The lowest BCUT2D eigenvalue weighted by molar-refractivity contribution is 0.414. The molecule has 0 fully saturated rings. The average molecular weight is 383 g/mol. The maximum Gasteiger partial charge on any atom is 0.226 e. The Labute approximate surface area is 148 Å². The van der Waals surface area contributed by atoms with E-state index in [0.717, 1.165) is 33.0 Å². The summed E-state index contributed by atoms with van der Waals surface area (Å²) >= 11 is 3.53. The first kappa shape index (κ1) is 15.0. The molecule has 0 spiro atoms. The number of rotatable bonds is 3. The molecule has 0 aliphatic carbocycles. The number of ether oxygens (including phenoxy) is 1. The van der Waals surface area contributed by atoms with Crippen molar-refractivity contribution < 1.29 is 4.74 Å². The molecule has 0 amide bonds. The molecule has 1 aliphatic heterocycles. The topological polar surface area (TPSA) is 52.0 Å². The molecule has 0 radical (unpaired) electrons. The van der Waals surface area contributed by atoms with Crippen molar-refractivity contribution in [2.24, 2.45) is 0 Å². The van der Waals surface area contributed by atoms with Crippen LogP contribution in [-0.2, 0) is 0 Å². The SMILES string of the molecule is COc1ccc([C@H]2C=C(c3cccc(Br)c3)Nc3ncnn32)cc1. The van der Waals surface area contributed by atoms with E-state index in [1.807, 2.05) is 28.9 Å². The Morgan fingerprint density at radius 2 is 2.00 bits per heavy atom. The molecule has 1 aromatic heterocycles. The van der Waals surface area contributed by atoms with Gasteiger partial charge in [0.2, 0.25) is 5.95 Å². The first-order valence-electron chi connectivity index (χ1n) is 7.53. The summed E-state index contributed by atoms with van der Waals surface area (Å²) in [5.41, 5.74) is 3.23. The van der Waals surface area contributed by atoms with Gasteiger partial charge in [0, 0.05) is 10.2 Å². The highest BCUT2D eigenvalue weighted by molar-refractivity contribution is 9.10. The fourth-order valence-corrected chi connectivity index (χ4v) is 3.20. The molecule has 6 heteroatoms. The third-order valence-corrected chi connectivity index (χ3v) is 4.49. The Kier molecular flexibility index (Phi) is 3.82. The van der Waals surface area contributed by atoms with E-state index >= 15 is 0 Å². The van der Waals surface area contributed by atoms with Crippen LogP contribution in [0.25, 0.3) is 5.70 Å². The van der Waals surface area contributed by atoms with Gasteiger partial charge >= 0.3 is 0 Å². The summed E-state index contributed by atoms with van der Waals surface area (Å²) in [6.45, 7) is 0. The van der Waals surface area contributed by atoms with Gasteiger partial charge < -0.3 is 10.1 Å². The van der Waals surface area contributed by atoms with Crippen LogP contribution in [0, 0.1) is 0 Å². The second kappa shape index (κ2) is 6.13. The van der Waals surface area contributed by atoms with E-state index in [2.05, 4.69) is 61.7 Å². The third kappa shape index (κ3) is 2.69. The standard InChI is InChI=1S/C18H15BrN4O/c1-24-15-7-5-12(6-8-15)17-10-16(13-3-2-4-14(19)9-13)22-18-20-11-21-23(17)18/h2-11,17H,1H3,(H,20,21,22)/t17-/m1/s1. The van der Waals surface area contributed by atoms with Gasteiger partial charge in [-0.3, -0.25) is 0 Å². The predicted octanol–water partition coefficient (Wildman–Crippen LogP) is 4.11. The van der Waals surface area contributed by atoms with E-state index in [0.29, 0.717) is 0 Å². The molecule has 0 saturated carbocycles. The second-order valence-corrected chi connectivity index (χ2v) is 6.38. The Morgan fingerprint density at radius 3 is 2.75 bits per heavy atom. The number of anilines is 1. The lowest BCUT2D eigenvalue weighted by atomic mass is 10.0. The number of allylic oxidation sites excluding steroid dienone is 1. The molecule has 24 heavy (non-hydrogen) atoms. The number of hydrogen-bond donors (Lipinski definition) is 1. The van der Waals surface area contributed by atoms with Crippen molar-refractivity contribution in [3.8, 4) is 5.75 Å². The van der Waals surface area contributed by atoms with Crippen molar-refractivity contribution in [3.63, 3.8) is 0 Å². The summed E-state index contributed by atoms with van der Waals surface area (Å²) in [6, 6.07) is 16.2. The quantitative estimate of drug-likeness (QED) is 0.740. The van der Waals surface area contributed by atoms with E-state index in [1.165, 1.54) is 0 Å². The van der Waals surface area contributed by atoms with E-state index < -0.39 is 0 Å². The molecule has 0 unspecified atom stereocenters. The molecule has 2 heterocycles. The van der Waals surface area contributed by atoms with E-state index in [4.69, 9.17) is 4.74 Å². The Morgan fingerprint density at radius 1 is 1.17 bits per heavy atom. The summed E-state index contributed by atoms with van der Waals surface area (Å²) in [6.07, 6.45) is 3.72. The fraction of sp³-hybridized carbons (Fsp3) is 0.111. The van der Waals surface area contributed by atoms with Crippen LogP contribution in [0.1, 0.15) is 17.2 Å². The number of nitrogens with one attached hydrogen (secondary N) is 1. The summed E-state index contributed by atoms with van der Waals surface area (Å²) in [5, 5.41) is 7.71. The fourth-order valence-electron chi connectivity index (χ4n) is 2.80. The largest absolute Gasteiger partial charge is 0.497 e. The van der Waals surface area contributed by atoms with Crippen LogP contribution in [0.2, 0.25) is 0 Å². The number of aromatic nitrogens is 3. The van der Waals surface area contributed by atoms with Crippen molar-refractivity contribution in [2.75, 3.05) is 12.4 Å². The average Bonchev–Trinajstić information content (AvgIpc) is 3.09. The van der Waals surface area contributed by atoms with Gasteiger partial charge in [0.1, 0.15) is 18.1 Å². The molecular formula is C18H15BrN4O. The Bertz CT molecular complexity index is 901. The smallest absolute Gasteiger partial charge is 0.226 e. The van der Waals surface area contributed by atoms with Crippen LogP contribution < -0.4 is 10.1 Å². The molecular weight excluding hydrogens is 368 g/mol. The van der Waals surface area contributed by atoms with Crippen molar-refractivity contribution >= 4 is 27.6 Å². The number of nitrogens with zero attached hydrogens (tertiary/aromatic N) is 3. The minimum Gasteiger partial charge on any atom is -0.497 e. The first-order chi connectivity index (χ1) is 11.7. The third-order valence-electron chi connectivity index (χ3n) is 4.00. The first-order valence-corrected chi connectivity index (χ1v) is 8.32. The zero-order valence-corrected chi connectivity index (χ0v) is 14.6. The number of benzene rings is 2. The second-order valence-electron chi connectivity index (χ2n) is 5.46. The van der Waals surface area contributed by atoms with Crippen molar-refractivity contribution in [1.82, 2.24) is 14.8 Å². The van der Waals surface area contributed by atoms with E-state index in [9.17, 15) is 0 Å². The normalized spacial score (nSPS) is 16.1. The minimum absolute atomic E-state index is 0.0244. The van der Waals surface area contributed by atoms with Gasteiger partial charge in [-0.1, -0.05) is 40.2 Å². The number of hydrogen-bond acceptors (Lipinski definition) is 4. The van der Waals surface area contributed by atoms with Crippen LogP contribution >= 0.6 is 15.9 Å². The van der Waals surface area contributed by atoms with Crippen LogP contribution in [0.3, 0.4) is 0 Å². The van der Waals surface area contributed by atoms with Crippen LogP contribution in [-0.4, -0.2) is 21.9 Å². The molecule has 0 saturated heterocycles. The zero-order chi connectivity index (χ0) is 16.5. The van der Waals surface area contributed by atoms with Crippen molar-refractivity contribution in [2.45, 2.75) is 6.04 Å². The van der Waals surface area contributed by atoms with Crippen LogP contribution in [0.5, 0.6) is 5.75 Å². The lowest BCUT2D eigenvalue weighted by Gasteiger charge is -2.24. The van der Waals surface area contributed by atoms with E-state index in [1.54, 1.807) is 13.4 Å². The van der Waals surface area contributed by atoms with Gasteiger partial charge in [-0.25, -0.2) is 4.68 Å². The number of halogens is 1. The van der Waals surface area contributed by atoms with Gasteiger partial charge in [-0.05, 0) is 41.5 Å². The van der Waals surface area contributed by atoms with Gasteiger partial charge in [-0.15, -0.1) is 0 Å². The molecule has 2 aromatic carbocycles. The number of fused-ring (bicyclic) bond motifs is 1. The maximum absolute atomic E-state index is 5.25. The zero-order valence-electron chi connectivity index (χ0n) is 13.0. The minimum atomic E-state index is -0.0244. The van der Waals surface area contributed by atoms with Crippen molar-refractivity contribution in [1.29, 1.82) is 0 Å². The summed E-state index contributed by atoms with van der Waals surface area (Å²) in [4.78, 5) is 4.33. The van der Waals surface area contributed by atoms with Crippen LogP contribution in [0.15, 0.2) is 65.4 Å². The summed E-state index contributed by atoms with van der Waals surface area (Å²) in [7, 11) is 1.67. The molecule has 4 rings (SSSR count). The summed E-state index contributed by atoms with van der Waals surface area (Å²) < 4.78 is 8.16. The van der Waals surface area contributed by atoms with Gasteiger partial charge in [0.25, 0.3) is 0 Å². The highest BCUT2D eigenvalue weighted by Crippen LogP contribution is 2.33. The molecule has 0 bridgehead atoms. The van der Waals surface area contributed by atoms with Gasteiger partial charge in [0.15, 0.2) is 0 Å². The monoisotopic (exact) mass is 382 g/mol. The summed E-state index contributed by atoms with van der Waals surface area (Å²) in [5.74, 6) is 1.57. The Hall–Kier alpha value is -2.60. The van der Waals surface area contributed by atoms with Crippen molar-refractivity contribution in [3.05, 3.63) is 76.5 Å². The molecule has 120 valence electrons. The molecule has 5 nitrogen and oxygen atoms in total. The number of methoxy groups -OCH3 is 1. The molecule has 1 aliphatic rings. The molecule has 1 N–H and O–H groups in total. The molecule has 3 aromatic rings. The maximum atomic E-state index is 5.25. The van der Waals surface area contributed by atoms with Gasteiger partial charge in [-0.2, -0.15) is 10.1 Å². The highest BCUT2D eigenvalue weighted by atomic mass is 79.9. The van der Waals surface area contributed by atoms with Crippen LogP contribution in [0.4, 0.5) is 5.95 Å². The highest BCUT2D eigenvalue weighted by Gasteiger charge is 2.23.